The number of Topliss-reactive ketones (excluding diaryl/α,β-unsaturated/α-hetero) is 1. The molecule has 0 spiro atoms. The maximum Gasteiger partial charge on any atom is 0.160 e. The topological polar surface area (TPSA) is 111 Å². The van der Waals surface area contributed by atoms with Crippen LogP contribution in [0.4, 0.5) is 23.0 Å². The lowest BCUT2D eigenvalue weighted by molar-refractivity contribution is 0.101. The number of nitrogens with one attached hydrogen (secondary N) is 2. The number of nitrogens with zero attached hydrogens (tertiary/aromatic N) is 2. The number of aromatic nitrogens is 2. The van der Waals surface area contributed by atoms with Gasteiger partial charge in [-0.2, -0.15) is 0 Å². The van der Waals surface area contributed by atoms with E-state index in [2.05, 4.69) is 20.6 Å². The predicted molar refractivity (Wildman–Crippen MR) is 118 cm³/mol. The number of hydrogen-bond acceptors (Lipinski definition) is 8. The molecule has 4 N–H and O–H groups in total. The van der Waals surface area contributed by atoms with Crippen molar-refractivity contribution < 1.29 is 14.3 Å². The lowest BCUT2D eigenvalue weighted by Crippen LogP contribution is -2.11. The first-order chi connectivity index (χ1) is 14.5. The molecule has 1 heterocycles. The Kier molecular flexibility index (Phi) is 6.69. The average molecular weight is 407 g/mol. The molecule has 3 aromatic rings. The maximum atomic E-state index is 11.6. The third-order valence-electron chi connectivity index (χ3n) is 4.57. The number of ether oxygens (including phenoxy) is 2. The van der Waals surface area contributed by atoms with Gasteiger partial charge >= 0.3 is 0 Å². The van der Waals surface area contributed by atoms with Crippen LogP contribution in [0.1, 0.15) is 22.8 Å². The van der Waals surface area contributed by atoms with Crippen molar-refractivity contribution in [1.29, 1.82) is 0 Å². The van der Waals surface area contributed by atoms with Crippen molar-refractivity contribution in [2.75, 3.05) is 37.1 Å². The van der Waals surface area contributed by atoms with E-state index >= 15 is 0 Å². The molecule has 0 fully saturated rings. The van der Waals surface area contributed by atoms with Crippen LogP contribution in [0, 0.1) is 0 Å². The van der Waals surface area contributed by atoms with Crippen LogP contribution < -0.4 is 25.8 Å². The zero-order valence-electron chi connectivity index (χ0n) is 17.2. The summed E-state index contributed by atoms with van der Waals surface area (Å²) in [6, 6.07) is 13.0. The van der Waals surface area contributed by atoms with Crippen LogP contribution in [-0.4, -0.2) is 36.5 Å². The zero-order chi connectivity index (χ0) is 21.5. The molecule has 2 aromatic carbocycles. The van der Waals surface area contributed by atoms with Crippen molar-refractivity contribution in [2.45, 2.75) is 13.3 Å². The third-order valence-corrected chi connectivity index (χ3v) is 4.57. The van der Waals surface area contributed by atoms with Crippen molar-refractivity contribution >= 4 is 28.8 Å². The van der Waals surface area contributed by atoms with E-state index in [1.807, 2.05) is 24.3 Å². The Labute approximate surface area is 175 Å². The van der Waals surface area contributed by atoms with Crippen LogP contribution in [0.15, 0.2) is 48.8 Å². The quantitative estimate of drug-likeness (QED) is 0.461. The number of rotatable bonds is 9. The van der Waals surface area contributed by atoms with E-state index in [0.29, 0.717) is 40.9 Å². The molecule has 0 amide bonds. The number of carbonyl (C=O) groups is 1. The molecule has 0 atom stereocenters. The van der Waals surface area contributed by atoms with Gasteiger partial charge in [0.1, 0.15) is 12.0 Å². The van der Waals surface area contributed by atoms with Gasteiger partial charge in [-0.25, -0.2) is 9.97 Å². The zero-order valence-corrected chi connectivity index (χ0v) is 17.2. The van der Waals surface area contributed by atoms with E-state index in [1.165, 1.54) is 13.3 Å². The summed E-state index contributed by atoms with van der Waals surface area (Å²) in [4.78, 5) is 20.0. The van der Waals surface area contributed by atoms with Crippen LogP contribution in [0.3, 0.4) is 0 Å². The molecule has 156 valence electrons. The first kappa shape index (κ1) is 20.9. The Hall–Kier alpha value is -3.81. The van der Waals surface area contributed by atoms with Crippen LogP contribution >= 0.6 is 0 Å². The molecule has 3 rings (SSSR count). The fraction of sp³-hybridized carbons (Fsp3) is 0.227. The van der Waals surface area contributed by atoms with Crippen molar-refractivity contribution in [1.82, 2.24) is 9.97 Å². The first-order valence-electron chi connectivity index (χ1n) is 9.45. The van der Waals surface area contributed by atoms with Gasteiger partial charge in [0.2, 0.25) is 0 Å². The van der Waals surface area contributed by atoms with Gasteiger partial charge in [0.05, 0.1) is 14.2 Å². The Morgan fingerprint density at radius 1 is 1.03 bits per heavy atom. The van der Waals surface area contributed by atoms with Gasteiger partial charge in [0, 0.05) is 17.8 Å². The normalized spacial score (nSPS) is 10.4. The fourth-order valence-corrected chi connectivity index (χ4v) is 2.95. The van der Waals surface area contributed by atoms with E-state index in [0.717, 1.165) is 17.7 Å². The molecule has 0 saturated heterocycles. The number of ketones is 1. The highest BCUT2D eigenvalue weighted by Gasteiger charge is 2.10. The molecule has 0 bridgehead atoms. The summed E-state index contributed by atoms with van der Waals surface area (Å²) in [5, 5.41) is 6.39. The molecule has 0 aliphatic rings. The molecule has 8 heteroatoms. The number of benzene rings is 2. The number of methoxy groups -OCH3 is 2. The molecule has 30 heavy (non-hydrogen) atoms. The highest BCUT2D eigenvalue weighted by molar-refractivity contribution is 5.95. The third kappa shape index (κ3) is 4.96. The van der Waals surface area contributed by atoms with E-state index < -0.39 is 0 Å². The summed E-state index contributed by atoms with van der Waals surface area (Å²) in [5.41, 5.74) is 9.07. The standard InChI is InChI=1S/C22H25N5O3/c1-14(28)16-5-4-6-17(12-16)27-22-20(23)21(25-13-26-22)24-10-9-15-7-8-18(29-2)19(11-15)30-3/h4-8,11-13H,9-10,23H2,1-3H3,(H2,24,25,26,27). The van der Waals surface area contributed by atoms with Crippen LogP contribution in [0.5, 0.6) is 11.5 Å². The van der Waals surface area contributed by atoms with Crippen molar-refractivity contribution in [3.05, 3.63) is 59.9 Å². The minimum atomic E-state index is -0.00757. The van der Waals surface area contributed by atoms with Gasteiger partial charge in [-0.3, -0.25) is 4.79 Å². The Morgan fingerprint density at radius 3 is 2.53 bits per heavy atom. The minimum Gasteiger partial charge on any atom is -0.493 e. The van der Waals surface area contributed by atoms with Gasteiger partial charge in [-0.1, -0.05) is 18.2 Å². The van der Waals surface area contributed by atoms with E-state index in [1.54, 1.807) is 32.4 Å². The molecule has 0 saturated carbocycles. The van der Waals surface area contributed by atoms with Crippen molar-refractivity contribution in [3.8, 4) is 11.5 Å². The Morgan fingerprint density at radius 2 is 1.80 bits per heavy atom. The minimum absolute atomic E-state index is 0.00757. The largest absolute Gasteiger partial charge is 0.493 e. The van der Waals surface area contributed by atoms with Crippen LogP contribution in [-0.2, 0) is 6.42 Å². The van der Waals surface area contributed by atoms with Gasteiger partial charge < -0.3 is 25.8 Å². The molecular formula is C22H25N5O3. The average Bonchev–Trinajstić information content (AvgIpc) is 2.76. The molecule has 0 radical (unpaired) electrons. The lowest BCUT2D eigenvalue weighted by atomic mass is 10.1. The van der Waals surface area contributed by atoms with Crippen molar-refractivity contribution in [2.24, 2.45) is 0 Å². The first-order valence-corrected chi connectivity index (χ1v) is 9.45. The summed E-state index contributed by atoms with van der Waals surface area (Å²) in [5.74, 6) is 2.39. The highest BCUT2D eigenvalue weighted by atomic mass is 16.5. The van der Waals surface area contributed by atoms with Gasteiger partial charge in [0.25, 0.3) is 0 Å². The Balaban J connectivity index is 1.67. The van der Waals surface area contributed by atoms with E-state index in [-0.39, 0.29) is 5.78 Å². The van der Waals surface area contributed by atoms with E-state index in [4.69, 9.17) is 15.2 Å². The number of carbonyl (C=O) groups excluding carboxylic acids is 1. The smallest absolute Gasteiger partial charge is 0.160 e. The monoisotopic (exact) mass is 407 g/mol. The second kappa shape index (κ2) is 9.60. The van der Waals surface area contributed by atoms with Crippen molar-refractivity contribution in [3.63, 3.8) is 0 Å². The predicted octanol–water partition coefficient (Wildman–Crippen LogP) is 3.68. The number of hydrogen-bond donors (Lipinski definition) is 3. The SMILES string of the molecule is COc1ccc(CCNc2ncnc(Nc3cccc(C(C)=O)c3)c2N)cc1OC. The summed E-state index contributed by atoms with van der Waals surface area (Å²) in [6.07, 6.45) is 2.18. The summed E-state index contributed by atoms with van der Waals surface area (Å²) >= 11 is 0. The number of anilines is 4. The summed E-state index contributed by atoms with van der Waals surface area (Å²) in [6.45, 7) is 2.15. The second-order valence-electron chi connectivity index (χ2n) is 6.61. The number of nitrogen functional groups attached to an aromatic ring is 1. The van der Waals surface area contributed by atoms with Crippen LogP contribution in [0.2, 0.25) is 0 Å². The lowest BCUT2D eigenvalue weighted by Gasteiger charge is -2.13. The molecule has 0 unspecified atom stereocenters. The van der Waals surface area contributed by atoms with Crippen LogP contribution in [0.25, 0.3) is 0 Å². The summed E-state index contributed by atoms with van der Waals surface area (Å²) < 4.78 is 10.6. The van der Waals surface area contributed by atoms with Gasteiger partial charge in [-0.15, -0.1) is 0 Å². The molecular weight excluding hydrogens is 382 g/mol. The number of nitrogens with two attached hydrogens (primary N) is 1. The molecule has 0 aliphatic heterocycles. The van der Waals surface area contributed by atoms with Gasteiger partial charge in [0.15, 0.2) is 28.9 Å². The fourth-order valence-electron chi connectivity index (χ4n) is 2.95. The Bertz CT molecular complexity index is 1040. The molecule has 1 aromatic heterocycles. The maximum absolute atomic E-state index is 11.6. The highest BCUT2D eigenvalue weighted by Crippen LogP contribution is 2.28. The molecule has 8 nitrogen and oxygen atoms in total. The van der Waals surface area contributed by atoms with Gasteiger partial charge in [-0.05, 0) is 43.2 Å². The van der Waals surface area contributed by atoms with E-state index in [9.17, 15) is 4.79 Å². The second-order valence-corrected chi connectivity index (χ2v) is 6.61. The molecule has 0 aliphatic carbocycles. The summed E-state index contributed by atoms with van der Waals surface area (Å²) in [7, 11) is 3.22.